The molecule has 0 aromatic carbocycles. The fourth-order valence-electron chi connectivity index (χ4n) is 2.32. The van der Waals surface area contributed by atoms with Crippen LogP contribution in [-0.4, -0.2) is 35.6 Å². The van der Waals surface area contributed by atoms with Gasteiger partial charge < -0.3 is 5.32 Å². The number of H-pyrrole nitrogens is 1. The summed E-state index contributed by atoms with van der Waals surface area (Å²) < 4.78 is 1.77. The number of nitrogens with one attached hydrogen (secondary N) is 2. The maximum atomic E-state index is 12.5. The number of aromatic nitrogens is 6. The third-order valence-corrected chi connectivity index (χ3v) is 3.62. The molecule has 0 radical (unpaired) electrons. The predicted octanol–water partition coefficient (Wildman–Crippen LogP) is 1.82. The van der Waals surface area contributed by atoms with Crippen LogP contribution in [0.25, 0.3) is 5.82 Å². The van der Waals surface area contributed by atoms with Crippen molar-refractivity contribution in [3.63, 3.8) is 0 Å². The van der Waals surface area contributed by atoms with Gasteiger partial charge in [-0.1, -0.05) is 13.8 Å². The molecule has 3 heterocycles. The van der Waals surface area contributed by atoms with E-state index in [4.69, 9.17) is 0 Å². The van der Waals surface area contributed by atoms with E-state index in [0.29, 0.717) is 17.2 Å². The number of rotatable bonds is 5. The SMILES string of the molecule is Cc1nc([C@H](NC(=O)c2ccc(-n3ccnc3)nc2)C(C)C)n[nH]1. The molecule has 124 valence electrons. The normalized spacial score (nSPS) is 12.3. The third-order valence-electron chi connectivity index (χ3n) is 3.62. The van der Waals surface area contributed by atoms with Crippen molar-refractivity contribution >= 4 is 5.91 Å². The largest absolute Gasteiger partial charge is 0.342 e. The second kappa shape index (κ2) is 6.61. The molecule has 0 fully saturated rings. The Balaban J connectivity index is 1.75. The fourth-order valence-corrected chi connectivity index (χ4v) is 2.32. The zero-order chi connectivity index (χ0) is 17.1. The fraction of sp³-hybridized carbons (Fsp3) is 0.312. The van der Waals surface area contributed by atoms with Gasteiger partial charge in [0.05, 0.1) is 11.6 Å². The minimum atomic E-state index is -0.268. The van der Waals surface area contributed by atoms with Gasteiger partial charge in [0.2, 0.25) is 0 Å². The van der Waals surface area contributed by atoms with Gasteiger partial charge in [-0.2, -0.15) is 5.10 Å². The molecule has 1 atom stereocenters. The Morgan fingerprint density at radius 1 is 1.33 bits per heavy atom. The van der Waals surface area contributed by atoms with Crippen LogP contribution >= 0.6 is 0 Å². The van der Waals surface area contributed by atoms with E-state index in [0.717, 1.165) is 5.82 Å². The van der Waals surface area contributed by atoms with E-state index in [-0.39, 0.29) is 17.9 Å². The summed E-state index contributed by atoms with van der Waals surface area (Å²) in [4.78, 5) is 25.1. The van der Waals surface area contributed by atoms with Crippen molar-refractivity contribution in [2.75, 3.05) is 0 Å². The Morgan fingerprint density at radius 3 is 2.71 bits per heavy atom. The van der Waals surface area contributed by atoms with Crippen LogP contribution in [0.1, 0.15) is 41.9 Å². The van der Waals surface area contributed by atoms with E-state index >= 15 is 0 Å². The molecular formula is C16H19N7O. The number of carbonyl (C=O) groups is 1. The van der Waals surface area contributed by atoms with Gasteiger partial charge in [-0.25, -0.2) is 15.0 Å². The number of pyridine rings is 1. The van der Waals surface area contributed by atoms with Crippen LogP contribution in [0.4, 0.5) is 0 Å². The maximum absolute atomic E-state index is 12.5. The number of imidazole rings is 1. The van der Waals surface area contributed by atoms with Crippen molar-refractivity contribution in [2.24, 2.45) is 5.92 Å². The topological polar surface area (TPSA) is 101 Å². The summed E-state index contributed by atoms with van der Waals surface area (Å²) in [5.41, 5.74) is 0.483. The first-order valence-corrected chi connectivity index (χ1v) is 7.68. The zero-order valence-corrected chi connectivity index (χ0v) is 13.8. The Hall–Kier alpha value is -3.03. The Kier molecular flexibility index (Phi) is 4.37. The molecule has 8 heteroatoms. The minimum absolute atomic E-state index is 0.155. The summed E-state index contributed by atoms with van der Waals surface area (Å²) in [5.74, 6) is 1.95. The van der Waals surface area contributed by atoms with Gasteiger partial charge in [0.1, 0.15) is 18.0 Å². The summed E-state index contributed by atoms with van der Waals surface area (Å²) in [6.45, 7) is 5.85. The first-order valence-electron chi connectivity index (χ1n) is 7.68. The van der Waals surface area contributed by atoms with Crippen LogP contribution in [-0.2, 0) is 0 Å². The van der Waals surface area contributed by atoms with Crippen LogP contribution in [0.5, 0.6) is 0 Å². The van der Waals surface area contributed by atoms with Gasteiger partial charge >= 0.3 is 0 Å². The van der Waals surface area contributed by atoms with Gasteiger partial charge in [-0.3, -0.25) is 14.5 Å². The van der Waals surface area contributed by atoms with Crippen molar-refractivity contribution in [1.29, 1.82) is 0 Å². The first kappa shape index (κ1) is 15.9. The molecule has 0 aliphatic heterocycles. The van der Waals surface area contributed by atoms with Crippen LogP contribution in [0.15, 0.2) is 37.1 Å². The average molecular weight is 325 g/mol. The maximum Gasteiger partial charge on any atom is 0.253 e. The number of aryl methyl sites for hydroxylation is 1. The zero-order valence-electron chi connectivity index (χ0n) is 13.8. The molecule has 0 aliphatic carbocycles. The molecule has 0 bridgehead atoms. The molecule has 1 amide bonds. The number of carbonyl (C=O) groups excluding carboxylic acids is 1. The van der Waals surface area contributed by atoms with Gasteiger partial charge in [-0.15, -0.1) is 0 Å². The Labute approximate surface area is 139 Å². The smallest absolute Gasteiger partial charge is 0.253 e. The Bertz CT molecular complexity index is 805. The van der Waals surface area contributed by atoms with Crippen molar-refractivity contribution < 1.29 is 4.79 Å². The summed E-state index contributed by atoms with van der Waals surface area (Å²) in [6.07, 6.45) is 6.67. The standard InChI is InChI=1S/C16H19N7O/c1-10(2)14(15-19-11(3)21-22-15)20-16(24)12-4-5-13(18-8-12)23-7-6-17-9-23/h4-10,14H,1-3H3,(H,20,24)(H,19,21,22)/t14-/m1/s1. The predicted molar refractivity (Wildman–Crippen MR) is 87.5 cm³/mol. The average Bonchev–Trinajstić information content (AvgIpc) is 3.24. The highest BCUT2D eigenvalue weighted by molar-refractivity contribution is 5.94. The summed E-state index contributed by atoms with van der Waals surface area (Å²) >= 11 is 0. The van der Waals surface area contributed by atoms with Gasteiger partial charge in [-0.05, 0) is 25.0 Å². The lowest BCUT2D eigenvalue weighted by atomic mass is 10.0. The molecule has 3 aromatic heterocycles. The summed E-state index contributed by atoms with van der Waals surface area (Å²) in [7, 11) is 0. The van der Waals surface area contributed by atoms with E-state index in [9.17, 15) is 4.79 Å². The molecule has 0 unspecified atom stereocenters. The van der Waals surface area contributed by atoms with E-state index in [1.165, 1.54) is 0 Å². The number of hydrogen-bond donors (Lipinski definition) is 2. The van der Waals surface area contributed by atoms with Crippen molar-refractivity contribution in [3.8, 4) is 5.82 Å². The highest BCUT2D eigenvalue weighted by Crippen LogP contribution is 2.19. The molecule has 3 rings (SSSR count). The number of amides is 1. The van der Waals surface area contributed by atoms with Crippen LogP contribution in [0.3, 0.4) is 0 Å². The number of nitrogens with zero attached hydrogens (tertiary/aromatic N) is 5. The molecule has 0 aliphatic rings. The van der Waals surface area contributed by atoms with Crippen molar-refractivity contribution in [2.45, 2.75) is 26.8 Å². The molecule has 0 spiro atoms. The molecule has 2 N–H and O–H groups in total. The lowest BCUT2D eigenvalue weighted by Crippen LogP contribution is -2.32. The molecule has 0 saturated heterocycles. The lowest BCUT2D eigenvalue weighted by Gasteiger charge is -2.19. The van der Waals surface area contributed by atoms with Gasteiger partial charge in [0, 0.05) is 18.6 Å². The highest BCUT2D eigenvalue weighted by Gasteiger charge is 2.23. The summed E-state index contributed by atoms with van der Waals surface area (Å²) in [6, 6.07) is 3.24. The molecule has 0 saturated carbocycles. The number of aromatic amines is 1. The molecule has 24 heavy (non-hydrogen) atoms. The summed E-state index contributed by atoms with van der Waals surface area (Å²) in [5, 5.41) is 9.94. The van der Waals surface area contributed by atoms with E-state index in [1.807, 2.05) is 20.8 Å². The van der Waals surface area contributed by atoms with Gasteiger partial charge in [0.25, 0.3) is 5.91 Å². The quantitative estimate of drug-likeness (QED) is 0.745. The second-order valence-electron chi connectivity index (χ2n) is 5.85. The molecule has 8 nitrogen and oxygen atoms in total. The van der Waals surface area contributed by atoms with Crippen molar-refractivity contribution in [1.82, 2.24) is 35.0 Å². The molecular weight excluding hydrogens is 306 g/mol. The third kappa shape index (κ3) is 3.32. The number of hydrogen-bond acceptors (Lipinski definition) is 5. The van der Waals surface area contributed by atoms with Crippen LogP contribution in [0.2, 0.25) is 0 Å². The van der Waals surface area contributed by atoms with Crippen molar-refractivity contribution in [3.05, 3.63) is 54.3 Å². The van der Waals surface area contributed by atoms with E-state index < -0.39 is 0 Å². The molecule has 3 aromatic rings. The van der Waals surface area contributed by atoms with Gasteiger partial charge in [0.15, 0.2) is 5.82 Å². The van der Waals surface area contributed by atoms with E-state index in [1.54, 1.807) is 41.6 Å². The van der Waals surface area contributed by atoms with Crippen LogP contribution in [0, 0.1) is 12.8 Å². The van der Waals surface area contributed by atoms with E-state index in [2.05, 4.69) is 30.5 Å². The Morgan fingerprint density at radius 2 is 2.17 bits per heavy atom. The second-order valence-corrected chi connectivity index (χ2v) is 5.85. The monoisotopic (exact) mass is 325 g/mol. The van der Waals surface area contributed by atoms with Crippen LogP contribution < -0.4 is 5.32 Å². The lowest BCUT2D eigenvalue weighted by molar-refractivity contribution is 0.0923. The minimum Gasteiger partial charge on any atom is -0.342 e. The first-order chi connectivity index (χ1) is 11.5. The highest BCUT2D eigenvalue weighted by atomic mass is 16.1.